The molecule has 1 heteroatoms. The largest absolute Gasteiger partial charge is 0.321 e. The topological polar surface area (TPSA) is 26.0 Å². The van der Waals surface area contributed by atoms with Gasteiger partial charge < -0.3 is 5.73 Å². The number of benzene rings is 1. The van der Waals surface area contributed by atoms with E-state index in [4.69, 9.17) is 5.73 Å². The summed E-state index contributed by atoms with van der Waals surface area (Å²) >= 11 is 0. The zero-order valence-corrected chi connectivity index (χ0v) is 10.7. The molecule has 0 aliphatic heterocycles. The molecule has 0 spiro atoms. The van der Waals surface area contributed by atoms with Crippen LogP contribution < -0.4 is 5.73 Å². The van der Waals surface area contributed by atoms with Gasteiger partial charge in [-0.3, -0.25) is 0 Å². The number of hydrogen-bond donors (Lipinski definition) is 1. The van der Waals surface area contributed by atoms with Crippen molar-refractivity contribution in [1.82, 2.24) is 0 Å². The second-order valence-corrected chi connectivity index (χ2v) is 6.19. The van der Waals surface area contributed by atoms with Crippen LogP contribution in [0.1, 0.15) is 57.6 Å². The zero-order chi connectivity index (χ0) is 11.8. The lowest BCUT2D eigenvalue weighted by molar-refractivity contribution is 0.459. The first-order valence-electron chi connectivity index (χ1n) is 6.32. The quantitative estimate of drug-likeness (QED) is 0.762. The van der Waals surface area contributed by atoms with Gasteiger partial charge in [0.15, 0.2) is 0 Å². The van der Waals surface area contributed by atoms with E-state index in [0.29, 0.717) is 0 Å². The van der Waals surface area contributed by atoms with Gasteiger partial charge in [0.2, 0.25) is 0 Å². The van der Waals surface area contributed by atoms with Gasteiger partial charge in [0.25, 0.3) is 0 Å². The highest BCUT2D eigenvalue weighted by atomic mass is 14.8. The average Bonchev–Trinajstić information content (AvgIpc) is 2.66. The summed E-state index contributed by atoms with van der Waals surface area (Å²) in [5, 5.41) is 0. The van der Waals surface area contributed by atoms with E-state index in [1.54, 1.807) is 0 Å². The van der Waals surface area contributed by atoms with E-state index in [1.807, 2.05) is 0 Å². The summed E-state index contributed by atoms with van der Waals surface area (Å²) in [4.78, 5) is 0. The van der Waals surface area contributed by atoms with Crippen LogP contribution >= 0.6 is 0 Å². The Bertz CT molecular complexity index is 367. The molecular formula is C15H23N. The molecule has 1 nitrogen and oxygen atoms in total. The van der Waals surface area contributed by atoms with Crippen LogP contribution in [0.2, 0.25) is 0 Å². The SMILES string of the molecule is CC(C)(C)c1cccc(C2(N)CCCC2)c1. The molecule has 16 heavy (non-hydrogen) atoms. The lowest BCUT2D eigenvalue weighted by Gasteiger charge is -2.27. The van der Waals surface area contributed by atoms with Gasteiger partial charge in [-0.15, -0.1) is 0 Å². The predicted octanol–water partition coefficient (Wildman–Crippen LogP) is 3.71. The van der Waals surface area contributed by atoms with Gasteiger partial charge in [-0.1, -0.05) is 57.9 Å². The van der Waals surface area contributed by atoms with Gasteiger partial charge in [0.1, 0.15) is 0 Å². The van der Waals surface area contributed by atoms with Crippen molar-refractivity contribution < 1.29 is 0 Å². The standard InChI is InChI=1S/C15H23N/c1-14(2,3)12-7-6-8-13(11-12)15(16)9-4-5-10-15/h6-8,11H,4-5,9-10,16H2,1-3H3. The molecular weight excluding hydrogens is 194 g/mol. The van der Waals surface area contributed by atoms with Crippen molar-refractivity contribution in [2.45, 2.75) is 57.4 Å². The van der Waals surface area contributed by atoms with Crippen molar-refractivity contribution in [2.24, 2.45) is 5.73 Å². The molecule has 2 rings (SSSR count). The lowest BCUT2D eigenvalue weighted by atomic mass is 9.82. The molecule has 0 saturated heterocycles. The van der Waals surface area contributed by atoms with E-state index < -0.39 is 0 Å². The Kier molecular flexibility index (Phi) is 2.83. The Morgan fingerprint density at radius 3 is 2.31 bits per heavy atom. The summed E-state index contributed by atoms with van der Waals surface area (Å²) in [5.74, 6) is 0. The van der Waals surface area contributed by atoms with Gasteiger partial charge in [0.05, 0.1) is 0 Å². The molecule has 0 bridgehead atoms. The van der Waals surface area contributed by atoms with Crippen LogP contribution in [-0.2, 0) is 11.0 Å². The molecule has 1 aliphatic rings. The van der Waals surface area contributed by atoms with E-state index in [-0.39, 0.29) is 11.0 Å². The van der Waals surface area contributed by atoms with Crippen LogP contribution in [0.3, 0.4) is 0 Å². The summed E-state index contributed by atoms with van der Waals surface area (Å²) in [7, 11) is 0. The molecule has 1 aromatic carbocycles. The average molecular weight is 217 g/mol. The number of rotatable bonds is 1. The maximum Gasteiger partial charge on any atom is 0.0409 e. The minimum absolute atomic E-state index is 0.0543. The molecule has 0 amide bonds. The van der Waals surface area contributed by atoms with E-state index in [1.165, 1.54) is 24.0 Å². The minimum Gasteiger partial charge on any atom is -0.321 e. The van der Waals surface area contributed by atoms with Crippen LogP contribution in [0, 0.1) is 0 Å². The summed E-state index contributed by atoms with van der Waals surface area (Å²) in [5.41, 5.74) is 9.37. The molecule has 0 radical (unpaired) electrons. The molecule has 1 fully saturated rings. The van der Waals surface area contributed by atoms with Gasteiger partial charge in [-0.05, 0) is 29.4 Å². The molecule has 0 unspecified atom stereocenters. The third-order valence-electron chi connectivity index (χ3n) is 3.80. The Hall–Kier alpha value is -0.820. The second-order valence-electron chi connectivity index (χ2n) is 6.19. The smallest absolute Gasteiger partial charge is 0.0409 e. The zero-order valence-electron chi connectivity index (χ0n) is 10.7. The van der Waals surface area contributed by atoms with Crippen molar-refractivity contribution >= 4 is 0 Å². The summed E-state index contributed by atoms with van der Waals surface area (Å²) in [6, 6.07) is 8.87. The maximum atomic E-state index is 6.49. The van der Waals surface area contributed by atoms with Crippen molar-refractivity contribution in [2.75, 3.05) is 0 Å². The Morgan fingerprint density at radius 1 is 1.12 bits per heavy atom. The molecule has 1 aromatic rings. The van der Waals surface area contributed by atoms with Crippen molar-refractivity contribution in [1.29, 1.82) is 0 Å². The van der Waals surface area contributed by atoms with Crippen LogP contribution in [0.25, 0.3) is 0 Å². The van der Waals surface area contributed by atoms with Crippen LogP contribution in [0.4, 0.5) is 0 Å². The van der Waals surface area contributed by atoms with Gasteiger partial charge >= 0.3 is 0 Å². The van der Waals surface area contributed by atoms with Gasteiger partial charge in [-0.2, -0.15) is 0 Å². The third-order valence-corrected chi connectivity index (χ3v) is 3.80. The Balaban J connectivity index is 2.36. The molecule has 1 aliphatic carbocycles. The van der Waals surface area contributed by atoms with Crippen LogP contribution in [0.5, 0.6) is 0 Å². The summed E-state index contributed by atoms with van der Waals surface area (Å²) < 4.78 is 0. The molecule has 88 valence electrons. The lowest BCUT2D eigenvalue weighted by Crippen LogP contribution is -2.33. The van der Waals surface area contributed by atoms with E-state index >= 15 is 0 Å². The monoisotopic (exact) mass is 217 g/mol. The molecule has 0 aromatic heterocycles. The molecule has 1 saturated carbocycles. The van der Waals surface area contributed by atoms with Gasteiger partial charge in [-0.25, -0.2) is 0 Å². The molecule has 0 heterocycles. The van der Waals surface area contributed by atoms with Crippen molar-refractivity contribution in [3.05, 3.63) is 35.4 Å². The third kappa shape index (κ3) is 2.15. The first-order valence-corrected chi connectivity index (χ1v) is 6.32. The van der Waals surface area contributed by atoms with Crippen molar-refractivity contribution in [3.63, 3.8) is 0 Å². The normalized spacial score (nSPS) is 20.0. The fraction of sp³-hybridized carbons (Fsp3) is 0.600. The maximum absolute atomic E-state index is 6.49. The summed E-state index contributed by atoms with van der Waals surface area (Å²) in [6.45, 7) is 6.76. The van der Waals surface area contributed by atoms with Gasteiger partial charge in [0, 0.05) is 5.54 Å². The highest BCUT2D eigenvalue weighted by Gasteiger charge is 2.31. The predicted molar refractivity (Wildman–Crippen MR) is 69.5 cm³/mol. The Morgan fingerprint density at radius 2 is 1.75 bits per heavy atom. The minimum atomic E-state index is -0.0543. The number of hydrogen-bond acceptors (Lipinski definition) is 1. The van der Waals surface area contributed by atoms with Crippen LogP contribution in [0.15, 0.2) is 24.3 Å². The Labute approximate surface area is 99.0 Å². The first kappa shape index (κ1) is 11.7. The van der Waals surface area contributed by atoms with Crippen molar-refractivity contribution in [3.8, 4) is 0 Å². The number of nitrogens with two attached hydrogens (primary N) is 1. The van der Waals surface area contributed by atoms with E-state index in [2.05, 4.69) is 45.0 Å². The van der Waals surface area contributed by atoms with E-state index in [0.717, 1.165) is 12.8 Å². The fourth-order valence-electron chi connectivity index (χ4n) is 2.59. The summed E-state index contributed by atoms with van der Waals surface area (Å²) in [6.07, 6.45) is 4.83. The van der Waals surface area contributed by atoms with Crippen LogP contribution in [-0.4, -0.2) is 0 Å². The molecule has 0 atom stereocenters. The second kappa shape index (κ2) is 3.89. The first-order chi connectivity index (χ1) is 7.42. The van der Waals surface area contributed by atoms with E-state index in [9.17, 15) is 0 Å². The fourth-order valence-corrected chi connectivity index (χ4v) is 2.59. The highest BCUT2D eigenvalue weighted by Crippen LogP contribution is 2.37. The molecule has 2 N–H and O–H groups in total. The highest BCUT2D eigenvalue weighted by molar-refractivity contribution is 5.33.